The van der Waals surface area contributed by atoms with Gasteiger partial charge in [0.2, 0.25) is 11.8 Å². The summed E-state index contributed by atoms with van der Waals surface area (Å²) in [5.41, 5.74) is 2.49. The summed E-state index contributed by atoms with van der Waals surface area (Å²) in [7, 11) is 0. The van der Waals surface area contributed by atoms with E-state index in [1.165, 1.54) is 28.6 Å². The van der Waals surface area contributed by atoms with Crippen LogP contribution in [0, 0.1) is 13.8 Å². The minimum absolute atomic E-state index is 0.115. The lowest BCUT2D eigenvalue weighted by atomic mass is 10.1. The molecule has 0 aliphatic heterocycles. The van der Waals surface area contributed by atoms with Crippen LogP contribution in [0.1, 0.15) is 58.3 Å². The molecule has 2 N–H and O–H groups in total. The zero-order chi connectivity index (χ0) is 24.1. The number of carbonyl (C=O) groups is 3. The number of benzene rings is 1. The van der Waals surface area contributed by atoms with Crippen LogP contribution in [-0.2, 0) is 9.59 Å². The third kappa shape index (κ3) is 5.39. The van der Waals surface area contributed by atoms with Crippen molar-refractivity contribution in [3.63, 3.8) is 0 Å². The van der Waals surface area contributed by atoms with Crippen molar-refractivity contribution in [1.82, 2.24) is 10.6 Å². The highest BCUT2D eigenvalue weighted by Crippen LogP contribution is 2.34. The van der Waals surface area contributed by atoms with Crippen molar-refractivity contribution in [2.24, 2.45) is 0 Å². The maximum absolute atomic E-state index is 13.7. The van der Waals surface area contributed by atoms with Crippen molar-refractivity contribution in [2.75, 3.05) is 11.4 Å². The molecular weight excluding hydrogens is 450 g/mol. The van der Waals surface area contributed by atoms with E-state index in [4.69, 9.17) is 4.42 Å². The van der Waals surface area contributed by atoms with Crippen LogP contribution in [0.5, 0.6) is 0 Å². The molecule has 1 fully saturated rings. The average Bonchev–Trinajstić information content (AvgIpc) is 3.61. The van der Waals surface area contributed by atoms with E-state index in [0.29, 0.717) is 5.69 Å². The van der Waals surface area contributed by atoms with Gasteiger partial charge in [0.05, 0.1) is 12.8 Å². The first-order valence-electron chi connectivity index (χ1n) is 11.5. The Kier molecular flexibility index (Phi) is 7.47. The summed E-state index contributed by atoms with van der Waals surface area (Å²) in [5, 5.41) is 7.69. The molecule has 0 spiro atoms. The molecule has 1 aliphatic carbocycles. The molecule has 8 heteroatoms. The average molecular weight is 480 g/mol. The molecule has 1 atom stereocenters. The van der Waals surface area contributed by atoms with Crippen LogP contribution < -0.4 is 15.5 Å². The van der Waals surface area contributed by atoms with Gasteiger partial charge >= 0.3 is 0 Å². The number of nitrogens with one attached hydrogen (secondary N) is 2. The van der Waals surface area contributed by atoms with Crippen LogP contribution in [0.4, 0.5) is 5.69 Å². The van der Waals surface area contributed by atoms with Gasteiger partial charge in [-0.3, -0.25) is 19.3 Å². The molecule has 1 saturated carbocycles. The minimum Gasteiger partial charge on any atom is -0.459 e. The highest BCUT2D eigenvalue weighted by molar-refractivity contribution is 7.10. The Morgan fingerprint density at radius 1 is 1.12 bits per heavy atom. The lowest BCUT2D eigenvalue weighted by Crippen LogP contribution is -2.49. The zero-order valence-electron chi connectivity index (χ0n) is 19.4. The van der Waals surface area contributed by atoms with E-state index in [-0.39, 0.29) is 30.2 Å². The Morgan fingerprint density at radius 2 is 1.91 bits per heavy atom. The summed E-state index contributed by atoms with van der Waals surface area (Å²) in [6.07, 6.45) is 5.47. The second-order valence-corrected chi connectivity index (χ2v) is 9.60. The van der Waals surface area contributed by atoms with Crippen LogP contribution >= 0.6 is 11.3 Å². The van der Waals surface area contributed by atoms with Crippen molar-refractivity contribution in [1.29, 1.82) is 0 Å². The molecule has 178 valence electrons. The Morgan fingerprint density at radius 3 is 2.59 bits per heavy atom. The van der Waals surface area contributed by atoms with Crippen molar-refractivity contribution < 1.29 is 18.8 Å². The van der Waals surface area contributed by atoms with E-state index in [0.717, 1.165) is 41.7 Å². The summed E-state index contributed by atoms with van der Waals surface area (Å²) in [4.78, 5) is 42.0. The third-order valence-electron chi connectivity index (χ3n) is 6.06. The molecule has 1 aliphatic rings. The van der Waals surface area contributed by atoms with Crippen LogP contribution in [0.3, 0.4) is 0 Å². The topological polar surface area (TPSA) is 91.7 Å². The number of carbonyl (C=O) groups excluding carboxylic acids is 3. The van der Waals surface area contributed by atoms with E-state index < -0.39 is 11.9 Å². The maximum atomic E-state index is 13.7. The number of rotatable bonds is 8. The molecule has 1 aromatic carbocycles. The van der Waals surface area contributed by atoms with Crippen LogP contribution in [0.2, 0.25) is 0 Å². The summed E-state index contributed by atoms with van der Waals surface area (Å²) in [6, 6.07) is 12.0. The number of aryl methyl sites for hydroxylation is 2. The fourth-order valence-electron chi connectivity index (χ4n) is 4.30. The van der Waals surface area contributed by atoms with Crippen LogP contribution in [0.15, 0.2) is 58.5 Å². The van der Waals surface area contributed by atoms with Crippen molar-refractivity contribution >= 4 is 34.7 Å². The molecule has 0 radical (unpaired) electrons. The number of furan rings is 1. The normalized spacial score (nSPS) is 14.5. The fraction of sp³-hybridized carbons (Fsp3) is 0.346. The second kappa shape index (κ2) is 10.7. The van der Waals surface area contributed by atoms with Gasteiger partial charge in [0, 0.05) is 16.6 Å². The van der Waals surface area contributed by atoms with Crippen molar-refractivity contribution in [3.05, 3.63) is 75.9 Å². The fourth-order valence-corrected chi connectivity index (χ4v) is 5.12. The number of amides is 3. The molecule has 3 amide bonds. The molecule has 7 nitrogen and oxygen atoms in total. The van der Waals surface area contributed by atoms with Crippen LogP contribution in [-0.4, -0.2) is 30.3 Å². The summed E-state index contributed by atoms with van der Waals surface area (Å²) >= 11 is 1.43. The number of hydrogen-bond donors (Lipinski definition) is 2. The first kappa shape index (κ1) is 23.8. The molecule has 3 aromatic rings. The monoisotopic (exact) mass is 479 g/mol. The van der Waals surface area contributed by atoms with Gasteiger partial charge in [-0.05, 0) is 67.5 Å². The molecule has 0 bridgehead atoms. The van der Waals surface area contributed by atoms with Gasteiger partial charge in [-0.1, -0.05) is 31.0 Å². The molecule has 2 heterocycles. The highest BCUT2D eigenvalue weighted by Gasteiger charge is 2.35. The maximum Gasteiger partial charge on any atom is 0.287 e. The SMILES string of the molecule is Cc1ccc(C)c(N(C(=O)CNC(=O)c2ccco2)[C@H](C(=O)NC2CCCC2)c2cccs2)c1. The van der Waals surface area contributed by atoms with Gasteiger partial charge in [0.1, 0.15) is 6.04 Å². The van der Waals surface area contributed by atoms with E-state index >= 15 is 0 Å². The quantitative estimate of drug-likeness (QED) is 0.497. The number of nitrogens with zero attached hydrogens (tertiary/aromatic N) is 1. The van der Waals surface area contributed by atoms with E-state index in [1.54, 1.807) is 6.07 Å². The van der Waals surface area contributed by atoms with Gasteiger partial charge in [-0.15, -0.1) is 11.3 Å². The summed E-state index contributed by atoms with van der Waals surface area (Å²) < 4.78 is 5.13. The first-order valence-corrected chi connectivity index (χ1v) is 12.4. The molecule has 0 unspecified atom stereocenters. The van der Waals surface area contributed by atoms with E-state index in [1.807, 2.05) is 49.6 Å². The van der Waals surface area contributed by atoms with Gasteiger partial charge in [0.15, 0.2) is 5.76 Å². The standard InChI is InChI=1S/C26H29N3O4S/c1-17-11-12-18(2)20(15-17)29(23(30)16-27-25(31)21-9-5-13-33-21)24(22-10-6-14-34-22)26(32)28-19-7-3-4-8-19/h5-6,9-15,19,24H,3-4,7-8,16H2,1-2H3,(H,27,31)(H,28,32)/t24-/m0/s1. The summed E-state index contributed by atoms with van der Waals surface area (Å²) in [5.74, 6) is -0.947. The number of hydrogen-bond acceptors (Lipinski definition) is 5. The van der Waals surface area contributed by atoms with E-state index in [9.17, 15) is 14.4 Å². The summed E-state index contributed by atoms with van der Waals surface area (Å²) in [6.45, 7) is 3.59. The minimum atomic E-state index is -0.839. The third-order valence-corrected chi connectivity index (χ3v) is 6.98. The largest absolute Gasteiger partial charge is 0.459 e. The molecule has 2 aromatic heterocycles. The Balaban J connectivity index is 1.68. The van der Waals surface area contributed by atoms with Crippen molar-refractivity contribution in [2.45, 2.75) is 51.6 Å². The lowest BCUT2D eigenvalue weighted by Gasteiger charge is -2.32. The molecule has 4 rings (SSSR count). The van der Waals surface area contributed by atoms with Gasteiger partial charge < -0.3 is 15.1 Å². The molecule has 0 saturated heterocycles. The number of anilines is 1. The first-order chi connectivity index (χ1) is 16.4. The molecular formula is C26H29N3O4S. The van der Waals surface area contributed by atoms with Crippen molar-refractivity contribution in [3.8, 4) is 0 Å². The predicted molar refractivity (Wildman–Crippen MR) is 132 cm³/mol. The number of thiophene rings is 1. The van der Waals surface area contributed by atoms with Crippen LogP contribution in [0.25, 0.3) is 0 Å². The Bertz CT molecular complexity index is 1140. The van der Waals surface area contributed by atoms with E-state index in [2.05, 4.69) is 10.6 Å². The predicted octanol–water partition coefficient (Wildman–Crippen LogP) is 4.52. The lowest BCUT2D eigenvalue weighted by molar-refractivity contribution is -0.126. The van der Waals surface area contributed by atoms with Gasteiger partial charge in [-0.25, -0.2) is 0 Å². The molecule has 34 heavy (non-hydrogen) atoms. The van der Waals surface area contributed by atoms with Gasteiger partial charge in [0.25, 0.3) is 5.91 Å². The highest BCUT2D eigenvalue weighted by atomic mass is 32.1. The zero-order valence-corrected chi connectivity index (χ0v) is 20.2. The Hall–Kier alpha value is -3.39. The smallest absolute Gasteiger partial charge is 0.287 e. The second-order valence-electron chi connectivity index (χ2n) is 8.62. The Labute approximate surface area is 203 Å². The van der Waals surface area contributed by atoms with Gasteiger partial charge in [-0.2, -0.15) is 0 Å².